The van der Waals surface area contributed by atoms with Crippen LogP contribution in [0.4, 0.5) is 15.9 Å². The van der Waals surface area contributed by atoms with Crippen molar-refractivity contribution in [2.45, 2.75) is 44.6 Å². The van der Waals surface area contributed by atoms with Crippen LogP contribution in [-0.4, -0.2) is 62.0 Å². The van der Waals surface area contributed by atoms with Gasteiger partial charge in [-0.1, -0.05) is 20.3 Å². The average molecular weight is 529 g/mol. The predicted molar refractivity (Wildman–Crippen MR) is 139 cm³/mol. The van der Waals surface area contributed by atoms with E-state index in [4.69, 9.17) is 4.74 Å². The summed E-state index contributed by atoms with van der Waals surface area (Å²) in [6.45, 7) is 4.81. The van der Waals surface area contributed by atoms with Gasteiger partial charge in [0.05, 0.1) is 17.2 Å². The van der Waals surface area contributed by atoms with Crippen LogP contribution in [0.5, 0.6) is 5.88 Å². The van der Waals surface area contributed by atoms with Crippen LogP contribution >= 0.6 is 0 Å². The highest BCUT2D eigenvalue weighted by atomic mass is 32.2. The van der Waals surface area contributed by atoms with Crippen LogP contribution in [0.15, 0.2) is 24.4 Å². The molecule has 1 amide bonds. The molecule has 1 aliphatic carbocycles. The Hall–Kier alpha value is -3.38. The minimum absolute atomic E-state index is 0.0174. The van der Waals surface area contributed by atoms with Gasteiger partial charge in [-0.2, -0.15) is 0 Å². The van der Waals surface area contributed by atoms with Crippen molar-refractivity contribution in [3.8, 4) is 17.0 Å². The van der Waals surface area contributed by atoms with Gasteiger partial charge in [-0.05, 0) is 25.0 Å². The summed E-state index contributed by atoms with van der Waals surface area (Å²) in [4.78, 5) is 18.9. The van der Waals surface area contributed by atoms with Crippen LogP contribution in [0.3, 0.4) is 0 Å². The maximum Gasteiger partial charge on any atom is 0.238 e. The van der Waals surface area contributed by atoms with E-state index in [-0.39, 0.29) is 35.7 Å². The van der Waals surface area contributed by atoms with E-state index in [1.54, 1.807) is 13.1 Å². The predicted octanol–water partition coefficient (Wildman–Crippen LogP) is 2.98. The lowest BCUT2D eigenvalue weighted by atomic mass is 9.64. The highest BCUT2D eigenvalue weighted by Crippen LogP contribution is 2.54. The molecule has 196 valence electrons. The summed E-state index contributed by atoms with van der Waals surface area (Å²) < 4.78 is 47.5. The molecular formula is C25H29FN6O4S. The van der Waals surface area contributed by atoms with E-state index in [1.165, 1.54) is 23.2 Å². The topological polar surface area (TPSA) is 126 Å². The maximum absolute atomic E-state index is 15.3. The number of nitrogens with one attached hydrogen (secondary N) is 2. The van der Waals surface area contributed by atoms with Gasteiger partial charge >= 0.3 is 0 Å². The zero-order chi connectivity index (χ0) is 26.5. The summed E-state index contributed by atoms with van der Waals surface area (Å²) in [5.74, 6) is -0.000386. The maximum atomic E-state index is 15.3. The fourth-order valence-corrected chi connectivity index (χ4v) is 5.59. The Kier molecular flexibility index (Phi) is 6.27. The van der Waals surface area contributed by atoms with Crippen molar-refractivity contribution in [2.75, 3.05) is 36.1 Å². The van der Waals surface area contributed by atoms with E-state index in [0.29, 0.717) is 41.7 Å². The number of hydrogen-bond acceptors (Lipinski definition) is 8. The van der Waals surface area contributed by atoms with Crippen molar-refractivity contribution in [1.29, 1.82) is 0 Å². The first kappa shape index (κ1) is 25.3. The highest BCUT2D eigenvalue weighted by Gasteiger charge is 2.55. The Bertz CT molecular complexity index is 1510. The molecule has 1 saturated carbocycles. The van der Waals surface area contributed by atoms with Gasteiger partial charge in [-0.3, -0.25) is 14.4 Å². The van der Waals surface area contributed by atoms with Crippen LogP contribution in [0.2, 0.25) is 0 Å². The lowest BCUT2D eigenvalue weighted by molar-refractivity contribution is -0.125. The standard InChI is InChI=1S/C25H29FN6O4S/c1-14(2)27-8-9-36-23-20(31-37(4,34)35)10-15(13-28-23)16-11-17-19(12-18(16)26)29-30-22-21(17)25(6-5-7-25)24(33)32(22)3/h10-14,27,31H,5-9H2,1-4H3. The van der Waals surface area contributed by atoms with Gasteiger partial charge in [0, 0.05) is 54.0 Å². The number of nitrogens with zero attached hydrogens (tertiary/aromatic N) is 4. The minimum atomic E-state index is -3.66. The molecule has 2 N–H and O–H groups in total. The molecule has 0 atom stereocenters. The molecule has 3 aromatic rings. The molecule has 1 aromatic carbocycles. The third-order valence-electron chi connectivity index (χ3n) is 6.90. The second kappa shape index (κ2) is 9.18. The second-order valence-corrected chi connectivity index (χ2v) is 11.7. The van der Waals surface area contributed by atoms with E-state index in [2.05, 4.69) is 25.2 Å². The summed E-state index contributed by atoms with van der Waals surface area (Å²) in [7, 11) is -1.98. The summed E-state index contributed by atoms with van der Waals surface area (Å²) in [6.07, 6.45) is 4.80. The number of pyridine rings is 1. The minimum Gasteiger partial charge on any atom is -0.475 e. The second-order valence-electron chi connectivity index (χ2n) is 9.96. The van der Waals surface area contributed by atoms with E-state index < -0.39 is 21.3 Å². The number of ether oxygens (including phenoxy) is 1. The lowest BCUT2D eigenvalue weighted by Crippen LogP contribution is -2.43. The Morgan fingerprint density at radius 2 is 1.97 bits per heavy atom. The quantitative estimate of drug-likeness (QED) is 0.428. The fraction of sp³-hybridized carbons (Fsp3) is 0.440. The van der Waals surface area contributed by atoms with Gasteiger partial charge in [-0.25, -0.2) is 17.8 Å². The molecule has 3 heterocycles. The Balaban J connectivity index is 1.59. The third kappa shape index (κ3) is 4.48. The summed E-state index contributed by atoms with van der Waals surface area (Å²) in [6, 6.07) is 4.70. The third-order valence-corrected chi connectivity index (χ3v) is 7.49. The first-order valence-electron chi connectivity index (χ1n) is 12.1. The van der Waals surface area contributed by atoms with Crippen LogP contribution in [0, 0.1) is 5.82 Å². The van der Waals surface area contributed by atoms with Gasteiger partial charge in [0.2, 0.25) is 21.8 Å². The number of carbonyl (C=O) groups is 1. The number of anilines is 2. The monoisotopic (exact) mass is 528 g/mol. The van der Waals surface area contributed by atoms with E-state index in [1.807, 2.05) is 13.8 Å². The molecule has 10 nitrogen and oxygen atoms in total. The van der Waals surface area contributed by atoms with Gasteiger partial charge in [0.25, 0.3) is 0 Å². The molecule has 0 radical (unpaired) electrons. The van der Waals surface area contributed by atoms with Crippen molar-refractivity contribution >= 4 is 38.3 Å². The average Bonchev–Trinajstić information content (AvgIpc) is 3.03. The number of carbonyl (C=O) groups excluding carboxylic acids is 1. The number of aromatic nitrogens is 3. The molecule has 1 fully saturated rings. The van der Waals surface area contributed by atoms with Crippen molar-refractivity contribution < 1.29 is 22.3 Å². The number of sulfonamides is 1. The summed E-state index contributed by atoms with van der Waals surface area (Å²) in [5.41, 5.74) is 1.14. The van der Waals surface area contributed by atoms with Crippen molar-refractivity contribution in [3.05, 3.63) is 35.8 Å². The molecule has 1 aliphatic heterocycles. The molecule has 2 aliphatic rings. The van der Waals surface area contributed by atoms with Crippen molar-refractivity contribution in [2.24, 2.45) is 0 Å². The number of likely N-dealkylation sites (N-methyl/N-ethyl adjacent to an activating group) is 1. The van der Waals surface area contributed by atoms with Crippen molar-refractivity contribution in [1.82, 2.24) is 20.5 Å². The molecule has 1 spiro atoms. The molecule has 5 rings (SSSR count). The lowest BCUT2D eigenvalue weighted by Gasteiger charge is -2.36. The number of amides is 1. The number of rotatable bonds is 8. The Morgan fingerprint density at radius 1 is 1.22 bits per heavy atom. The summed E-state index contributed by atoms with van der Waals surface area (Å²) in [5, 5.41) is 12.3. The van der Waals surface area contributed by atoms with E-state index in [9.17, 15) is 13.2 Å². The SMILES string of the molecule is CC(C)NCCOc1ncc(-c2cc3c4c(nnc3cc2F)N(C)C(=O)C42CCC2)cc1NS(C)(=O)=O. The van der Waals surface area contributed by atoms with Gasteiger partial charge in [0.15, 0.2) is 5.82 Å². The smallest absolute Gasteiger partial charge is 0.238 e. The number of halogens is 1. The molecule has 37 heavy (non-hydrogen) atoms. The first-order chi connectivity index (χ1) is 17.5. The Labute approximate surface area is 214 Å². The van der Waals surface area contributed by atoms with Gasteiger partial charge in [0.1, 0.15) is 18.1 Å². The van der Waals surface area contributed by atoms with Crippen LogP contribution in [-0.2, 0) is 20.2 Å². The molecule has 0 bridgehead atoms. The van der Waals surface area contributed by atoms with Crippen LogP contribution in [0.25, 0.3) is 22.0 Å². The zero-order valence-electron chi connectivity index (χ0n) is 21.1. The molecule has 0 unspecified atom stereocenters. The normalized spacial score (nSPS) is 16.4. The molecule has 2 aromatic heterocycles. The molecule has 12 heteroatoms. The van der Waals surface area contributed by atoms with Gasteiger partial charge in [-0.15, -0.1) is 10.2 Å². The Morgan fingerprint density at radius 3 is 2.62 bits per heavy atom. The summed E-state index contributed by atoms with van der Waals surface area (Å²) >= 11 is 0. The van der Waals surface area contributed by atoms with E-state index >= 15 is 4.39 Å². The van der Waals surface area contributed by atoms with Crippen LogP contribution in [0.1, 0.15) is 38.7 Å². The van der Waals surface area contributed by atoms with Crippen LogP contribution < -0.4 is 19.7 Å². The highest BCUT2D eigenvalue weighted by molar-refractivity contribution is 7.92. The number of fused-ring (bicyclic) bond motifs is 4. The molecular weight excluding hydrogens is 499 g/mol. The first-order valence-corrected chi connectivity index (χ1v) is 14.0. The van der Waals surface area contributed by atoms with Crippen molar-refractivity contribution in [3.63, 3.8) is 0 Å². The fourth-order valence-electron chi connectivity index (χ4n) is 5.05. The zero-order valence-corrected chi connectivity index (χ0v) is 21.9. The number of benzene rings is 1. The van der Waals surface area contributed by atoms with E-state index in [0.717, 1.165) is 18.2 Å². The largest absolute Gasteiger partial charge is 0.475 e. The van der Waals surface area contributed by atoms with Gasteiger partial charge < -0.3 is 10.1 Å². The number of hydrogen-bond donors (Lipinski definition) is 2. The molecule has 0 saturated heterocycles.